The first-order chi connectivity index (χ1) is 14.7. The molecule has 0 saturated carbocycles. The second-order valence-electron chi connectivity index (χ2n) is 8.11. The summed E-state index contributed by atoms with van der Waals surface area (Å²) in [5, 5.41) is 2.92. The van der Waals surface area contributed by atoms with E-state index in [-0.39, 0.29) is 24.4 Å². The van der Waals surface area contributed by atoms with E-state index in [1.807, 2.05) is 63.9 Å². The van der Waals surface area contributed by atoms with E-state index >= 15 is 0 Å². The van der Waals surface area contributed by atoms with Gasteiger partial charge in [-0.05, 0) is 62.6 Å². The van der Waals surface area contributed by atoms with Gasteiger partial charge in [-0.2, -0.15) is 0 Å². The molecular weight excluding hydrogens is 390 g/mol. The smallest absolute Gasteiger partial charge is 0.243 e. The standard InChI is InChI=1S/C25H35N3O3/c1-8-21-11-9-10-12-22(21)26-23(29)16-28(6)25(30)19(4)27(5)15-20-13-17(2)24(31-7)18(3)14-20/h9-14,19H,8,15-16H2,1-7H3,(H,26,29). The summed E-state index contributed by atoms with van der Waals surface area (Å²) in [6.07, 6.45) is 0.831. The molecule has 0 aromatic heterocycles. The van der Waals surface area contributed by atoms with Crippen molar-refractivity contribution < 1.29 is 14.3 Å². The Balaban J connectivity index is 1.97. The molecule has 2 amide bonds. The molecule has 0 aliphatic carbocycles. The maximum atomic E-state index is 12.9. The van der Waals surface area contributed by atoms with Crippen LogP contribution in [0.5, 0.6) is 5.75 Å². The van der Waals surface area contributed by atoms with Crippen molar-refractivity contribution in [2.75, 3.05) is 33.1 Å². The highest BCUT2D eigenvalue weighted by Gasteiger charge is 2.23. The van der Waals surface area contributed by atoms with Crippen molar-refractivity contribution >= 4 is 17.5 Å². The van der Waals surface area contributed by atoms with E-state index in [4.69, 9.17) is 4.74 Å². The number of anilines is 1. The number of benzene rings is 2. The van der Waals surface area contributed by atoms with Crippen LogP contribution in [-0.4, -0.2) is 55.4 Å². The molecular formula is C25H35N3O3. The number of hydrogen-bond acceptors (Lipinski definition) is 4. The number of carbonyl (C=O) groups excluding carboxylic acids is 2. The van der Waals surface area contributed by atoms with Crippen LogP contribution in [0.3, 0.4) is 0 Å². The fourth-order valence-electron chi connectivity index (χ4n) is 3.82. The van der Waals surface area contributed by atoms with Gasteiger partial charge < -0.3 is 15.0 Å². The summed E-state index contributed by atoms with van der Waals surface area (Å²) in [6, 6.07) is 11.5. The molecule has 0 fully saturated rings. The lowest BCUT2D eigenvalue weighted by molar-refractivity contribution is -0.137. The number of likely N-dealkylation sites (N-methyl/N-ethyl adjacent to an activating group) is 2. The van der Waals surface area contributed by atoms with Gasteiger partial charge >= 0.3 is 0 Å². The number of aryl methyl sites for hydroxylation is 3. The summed E-state index contributed by atoms with van der Waals surface area (Å²) in [6.45, 7) is 8.59. The van der Waals surface area contributed by atoms with Gasteiger partial charge in [0.1, 0.15) is 5.75 Å². The van der Waals surface area contributed by atoms with E-state index in [1.54, 1.807) is 14.2 Å². The second kappa shape index (κ2) is 11.0. The maximum absolute atomic E-state index is 12.9. The summed E-state index contributed by atoms with van der Waals surface area (Å²) < 4.78 is 5.43. The van der Waals surface area contributed by atoms with E-state index in [0.717, 1.165) is 40.1 Å². The zero-order valence-electron chi connectivity index (χ0n) is 19.8. The Morgan fingerprint density at radius 2 is 1.71 bits per heavy atom. The monoisotopic (exact) mass is 425 g/mol. The van der Waals surface area contributed by atoms with Crippen LogP contribution in [0.4, 0.5) is 5.69 Å². The van der Waals surface area contributed by atoms with Crippen LogP contribution in [0.1, 0.15) is 36.1 Å². The molecule has 2 rings (SSSR count). The number of methoxy groups -OCH3 is 1. The summed E-state index contributed by atoms with van der Waals surface area (Å²) in [5.41, 5.74) is 5.14. The van der Waals surface area contributed by atoms with Crippen molar-refractivity contribution in [1.82, 2.24) is 9.80 Å². The predicted octanol–water partition coefficient (Wildman–Crippen LogP) is 3.79. The van der Waals surface area contributed by atoms with Crippen molar-refractivity contribution in [2.45, 2.75) is 46.7 Å². The van der Waals surface area contributed by atoms with Crippen LogP contribution in [-0.2, 0) is 22.6 Å². The van der Waals surface area contributed by atoms with Crippen molar-refractivity contribution in [2.24, 2.45) is 0 Å². The molecule has 0 spiro atoms. The van der Waals surface area contributed by atoms with E-state index in [9.17, 15) is 9.59 Å². The maximum Gasteiger partial charge on any atom is 0.243 e. The average molecular weight is 426 g/mol. The van der Waals surface area contributed by atoms with Crippen molar-refractivity contribution in [1.29, 1.82) is 0 Å². The quantitative estimate of drug-likeness (QED) is 0.664. The number of para-hydroxylation sites is 1. The van der Waals surface area contributed by atoms with Gasteiger partial charge in [-0.3, -0.25) is 14.5 Å². The largest absolute Gasteiger partial charge is 0.496 e. The topological polar surface area (TPSA) is 61.9 Å². The Morgan fingerprint density at radius 3 is 2.29 bits per heavy atom. The average Bonchev–Trinajstić information content (AvgIpc) is 2.72. The van der Waals surface area contributed by atoms with Gasteiger partial charge in [0.25, 0.3) is 0 Å². The van der Waals surface area contributed by atoms with Crippen molar-refractivity contribution in [3.8, 4) is 5.75 Å². The van der Waals surface area contributed by atoms with E-state index in [2.05, 4.69) is 17.4 Å². The van der Waals surface area contributed by atoms with Gasteiger partial charge in [0.05, 0.1) is 19.7 Å². The van der Waals surface area contributed by atoms with E-state index in [1.165, 1.54) is 4.90 Å². The van der Waals surface area contributed by atoms with E-state index < -0.39 is 0 Å². The highest BCUT2D eigenvalue weighted by Crippen LogP contribution is 2.25. The summed E-state index contributed by atoms with van der Waals surface area (Å²) >= 11 is 0. The molecule has 1 atom stereocenters. The van der Waals surface area contributed by atoms with Gasteiger partial charge in [-0.15, -0.1) is 0 Å². The van der Waals surface area contributed by atoms with Gasteiger partial charge in [0.15, 0.2) is 0 Å². The predicted molar refractivity (Wildman–Crippen MR) is 125 cm³/mol. The lowest BCUT2D eigenvalue weighted by Gasteiger charge is -2.28. The van der Waals surface area contributed by atoms with Crippen LogP contribution in [0.2, 0.25) is 0 Å². The third-order valence-corrected chi connectivity index (χ3v) is 5.60. The number of ether oxygens (including phenoxy) is 1. The summed E-state index contributed by atoms with van der Waals surface area (Å²) in [4.78, 5) is 28.9. The summed E-state index contributed by atoms with van der Waals surface area (Å²) in [7, 11) is 5.26. The third-order valence-electron chi connectivity index (χ3n) is 5.60. The highest BCUT2D eigenvalue weighted by atomic mass is 16.5. The van der Waals surface area contributed by atoms with Crippen LogP contribution in [0.15, 0.2) is 36.4 Å². The molecule has 0 aliphatic heterocycles. The third kappa shape index (κ3) is 6.31. The molecule has 168 valence electrons. The van der Waals surface area contributed by atoms with Gasteiger partial charge in [-0.1, -0.05) is 37.3 Å². The molecule has 1 N–H and O–H groups in total. The van der Waals surface area contributed by atoms with E-state index in [0.29, 0.717) is 6.54 Å². The highest BCUT2D eigenvalue weighted by molar-refractivity contribution is 5.95. The second-order valence-corrected chi connectivity index (χ2v) is 8.11. The Morgan fingerprint density at radius 1 is 1.10 bits per heavy atom. The molecule has 6 nitrogen and oxygen atoms in total. The fourth-order valence-corrected chi connectivity index (χ4v) is 3.82. The van der Waals surface area contributed by atoms with Crippen LogP contribution < -0.4 is 10.1 Å². The Bertz CT molecular complexity index is 903. The number of nitrogens with zero attached hydrogens (tertiary/aromatic N) is 2. The SMILES string of the molecule is CCc1ccccc1NC(=O)CN(C)C(=O)C(C)N(C)Cc1cc(C)c(OC)c(C)c1. The lowest BCUT2D eigenvalue weighted by atomic mass is 10.0. The molecule has 0 aliphatic rings. The van der Waals surface area contributed by atoms with Crippen LogP contribution in [0.25, 0.3) is 0 Å². The minimum atomic E-state index is -0.358. The molecule has 6 heteroatoms. The Hall–Kier alpha value is -2.86. The minimum absolute atomic E-state index is 0.00974. The molecule has 0 saturated heterocycles. The Kier molecular flexibility index (Phi) is 8.63. The molecule has 0 bridgehead atoms. The first-order valence-corrected chi connectivity index (χ1v) is 10.6. The number of rotatable bonds is 9. The minimum Gasteiger partial charge on any atom is -0.496 e. The normalized spacial score (nSPS) is 11.9. The molecule has 31 heavy (non-hydrogen) atoms. The lowest BCUT2D eigenvalue weighted by Crippen LogP contribution is -2.46. The van der Waals surface area contributed by atoms with Crippen LogP contribution >= 0.6 is 0 Å². The number of amides is 2. The van der Waals surface area contributed by atoms with Gasteiger partial charge in [0.2, 0.25) is 11.8 Å². The molecule has 2 aromatic carbocycles. The molecule has 2 aromatic rings. The number of hydrogen-bond donors (Lipinski definition) is 1. The summed E-state index contributed by atoms with van der Waals surface area (Å²) in [5.74, 6) is 0.599. The van der Waals surface area contributed by atoms with Crippen LogP contribution in [0, 0.1) is 13.8 Å². The van der Waals surface area contributed by atoms with Crippen molar-refractivity contribution in [3.05, 3.63) is 58.7 Å². The number of carbonyl (C=O) groups is 2. The zero-order valence-corrected chi connectivity index (χ0v) is 19.8. The first kappa shape index (κ1) is 24.4. The van der Waals surface area contributed by atoms with Gasteiger partial charge in [-0.25, -0.2) is 0 Å². The molecule has 0 radical (unpaired) electrons. The zero-order chi connectivity index (χ0) is 23.1. The van der Waals surface area contributed by atoms with Gasteiger partial charge in [0, 0.05) is 19.3 Å². The Labute approximate surface area is 186 Å². The van der Waals surface area contributed by atoms with Crippen molar-refractivity contribution in [3.63, 3.8) is 0 Å². The number of nitrogens with one attached hydrogen (secondary N) is 1. The molecule has 1 unspecified atom stereocenters. The fraction of sp³-hybridized carbons (Fsp3) is 0.440. The first-order valence-electron chi connectivity index (χ1n) is 10.6. The molecule has 0 heterocycles.